The van der Waals surface area contributed by atoms with Crippen molar-refractivity contribution in [2.45, 2.75) is 23.8 Å². The Morgan fingerprint density at radius 1 is 1.30 bits per heavy atom. The van der Waals surface area contributed by atoms with Crippen molar-refractivity contribution in [2.24, 2.45) is 0 Å². The lowest BCUT2D eigenvalue weighted by Gasteiger charge is -2.21. The van der Waals surface area contributed by atoms with Gasteiger partial charge in [0.2, 0.25) is 21.8 Å². The molecule has 0 aliphatic carbocycles. The van der Waals surface area contributed by atoms with Crippen LogP contribution in [0, 0.1) is 11.3 Å². The van der Waals surface area contributed by atoms with Gasteiger partial charge in [-0.15, -0.1) is 0 Å². The molecule has 2 rings (SSSR count). The smallest absolute Gasteiger partial charge is 0.244 e. The molecule has 1 heterocycles. The molecular weight excluding hydrogens is 282 g/mol. The molecule has 1 aliphatic heterocycles. The summed E-state index contributed by atoms with van der Waals surface area (Å²) in [5.41, 5.74) is -0.00714. The molecule has 7 nitrogen and oxygen atoms in total. The summed E-state index contributed by atoms with van der Waals surface area (Å²) in [4.78, 5) is 22.4. The van der Waals surface area contributed by atoms with Gasteiger partial charge >= 0.3 is 0 Å². The minimum atomic E-state index is -4.00. The van der Waals surface area contributed by atoms with Crippen LogP contribution in [0.2, 0.25) is 0 Å². The molecule has 2 N–H and O–H groups in total. The first-order valence-corrected chi connectivity index (χ1v) is 7.27. The number of imide groups is 1. The summed E-state index contributed by atoms with van der Waals surface area (Å²) in [6, 6.07) is 6.46. The number of hydrogen-bond acceptors (Lipinski definition) is 5. The minimum absolute atomic E-state index is 0.00714. The van der Waals surface area contributed by atoms with Crippen LogP contribution in [0.3, 0.4) is 0 Å². The number of amides is 2. The predicted octanol–water partition coefficient (Wildman–Crippen LogP) is -0.358. The molecule has 0 saturated carbocycles. The molecular formula is C12H11N3O4S. The van der Waals surface area contributed by atoms with Crippen molar-refractivity contribution >= 4 is 21.8 Å². The number of carbonyl (C=O) groups excluding carboxylic acids is 2. The SMILES string of the molecule is N#Cc1ccccc1S(=O)(=O)NC1CCC(=O)NC1=O. The van der Waals surface area contributed by atoms with E-state index in [-0.39, 0.29) is 23.3 Å². The van der Waals surface area contributed by atoms with E-state index >= 15 is 0 Å². The molecule has 1 fully saturated rings. The molecule has 1 aromatic rings. The van der Waals surface area contributed by atoms with E-state index in [2.05, 4.69) is 10.0 Å². The Labute approximate surface area is 115 Å². The predicted molar refractivity (Wildman–Crippen MR) is 67.7 cm³/mol. The van der Waals surface area contributed by atoms with Gasteiger partial charge in [-0.1, -0.05) is 12.1 Å². The zero-order valence-corrected chi connectivity index (χ0v) is 11.1. The van der Waals surface area contributed by atoms with Crippen LogP contribution in [0.1, 0.15) is 18.4 Å². The Balaban J connectivity index is 2.26. The van der Waals surface area contributed by atoms with Gasteiger partial charge in [-0.25, -0.2) is 8.42 Å². The van der Waals surface area contributed by atoms with E-state index < -0.39 is 27.9 Å². The Hall–Kier alpha value is -2.24. The number of hydrogen-bond donors (Lipinski definition) is 2. The van der Waals surface area contributed by atoms with Gasteiger partial charge < -0.3 is 0 Å². The molecule has 2 amide bonds. The van der Waals surface area contributed by atoms with Crippen LogP contribution in [0.5, 0.6) is 0 Å². The topological polar surface area (TPSA) is 116 Å². The molecule has 0 spiro atoms. The molecule has 20 heavy (non-hydrogen) atoms. The average molecular weight is 293 g/mol. The Morgan fingerprint density at radius 3 is 2.65 bits per heavy atom. The summed E-state index contributed by atoms with van der Waals surface area (Å²) in [6.45, 7) is 0. The highest BCUT2D eigenvalue weighted by Crippen LogP contribution is 2.16. The van der Waals surface area contributed by atoms with Gasteiger partial charge in [0, 0.05) is 6.42 Å². The van der Waals surface area contributed by atoms with Gasteiger partial charge in [-0.3, -0.25) is 14.9 Å². The number of rotatable bonds is 3. The first-order valence-electron chi connectivity index (χ1n) is 5.79. The van der Waals surface area contributed by atoms with Crippen molar-refractivity contribution in [3.63, 3.8) is 0 Å². The fraction of sp³-hybridized carbons (Fsp3) is 0.250. The first kappa shape index (κ1) is 14.2. The van der Waals surface area contributed by atoms with Gasteiger partial charge in [0.05, 0.1) is 10.5 Å². The maximum atomic E-state index is 12.2. The number of benzene rings is 1. The maximum absolute atomic E-state index is 12.2. The van der Waals surface area contributed by atoms with Gasteiger partial charge in [-0.2, -0.15) is 9.98 Å². The van der Waals surface area contributed by atoms with Crippen LogP contribution in [-0.2, 0) is 19.6 Å². The number of nitrogens with zero attached hydrogens (tertiary/aromatic N) is 1. The lowest BCUT2D eigenvalue weighted by Crippen LogP contribution is -2.52. The molecule has 1 saturated heterocycles. The quantitative estimate of drug-likeness (QED) is 0.738. The highest BCUT2D eigenvalue weighted by Gasteiger charge is 2.31. The van der Waals surface area contributed by atoms with E-state index in [9.17, 15) is 18.0 Å². The molecule has 0 bridgehead atoms. The van der Waals surface area contributed by atoms with Crippen LogP contribution in [0.25, 0.3) is 0 Å². The van der Waals surface area contributed by atoms with E-state index in [1.807, 2.05) is 0 Å². The average Bonchev–Trinajstić information content (AvgIpc) is 2.42. The normalized spacial score (nSPS) is 19.2. The second-order valence-electron chi connectivity index (χ2n) is 4.23. The molecule has 1 unspecified atom stereocenters. The molecule has 1 aliphatic rings. The van der Waals surface area contributed by atoms with Crippen molar-refractivity contribution in [2.75, 3.05) is 0 Å². The summed E-state index contributed by atoms with van der Waals surface area (Å²) in [5, 5.41) is 11.0. The standard InChI is InChI=1S/C12H11N3O4S/c13-7-8-3-1-2-4-10(8)20(18,19)15-9-5-6-11(16)14-12(9)17/h1-4,9,15H,5-6H2,(H,14,16,17). The summed E-state index contributed by atoms with van der Waals surface area (Å²) in [6.07, 6.45) is 0.164. The Morgan fingerprint density at radius 2 is 2.00 bits per heavy atom. The summed E-state index contributed by atoms with van der Waals surface area (Å²) < 4.78 is 26.6. The summed E-state index contributed by atoms with van der Waals surface area (Å²) >= 11 is 0. The highest BCUT2D eigenvalue weighted by molar-refractivity contribution is 7.89. The number of nitriles is 1. The Kier molecular flexibility index (Phi) is 3.83. The molecule has 104 valence electrons. The molecule has 0 radical (unpaired) electrons. The molecule has 8 heteroatoms. The fourth-order valence-corrected chi connectivity index (χ4v) is 3.24. The minimum Gasteiger partial charge on any atom is -0.295 e. The van der Waals surface area contributed by atoms with E-state index in [0.717, 1.165) is 0 Å². The van der Waals surface area contributed by atoms with Gasteiger partial charge in [0.15, 0.2) is 0 Å². The zero-order chi connectivity index (χ0) is 14.8. The first-order chi connectivity index (χ1) is 9.44. The van der Waals surface area contributed by atoms with Gasteiger partial charge in [-0.05, 0) is 18.6 Å². The number of piperidine rings is 1. The third kappa shape index (κ3) is 2.84. The molecule has 1 atom stereocenters. The van der Waals surface area contributed by atoms with Crippen molar-refractivity contribution in [3.05, 3.63) is 29.8 Å². The number of nitrogens with one attached hydrogen (secondary N) is 2. The third-order valence-corrected chi connectivity index (χ3v) is 4.36. The Bertz CT molecular complexity index is 706. The number of carbonyl (C=O) groups is 2. The van der Waals surface area contributed by atoms with Crippen LogP contribution in [0.4, 0.5) is 0 Å². The van der Waals surface area contributed by atoms with Crippen LogP contribution >= 0.6 is 0 Å². The second-order valence-corrected chi connectivity index (χ2v) is 5.92. The summed E-state index contributed by atoms with van der Waals surface area (Å²) in [5.74, 6) is -1.11. The lowest BCUT2D eigenvalue weighted by atomic mass is 10.1. The highest BCUT2D eigenvalue weighted by atomic mass is 32.2. The third-order valence-electron chi connectivity index (χ3n) is 2.83. The van der Waals surface area contributed by atoms with Gasteiger partial charge in [0.25, 0.3) is 0 Å². The van der Waals surface area contributed by atoms with Crippen molar-refractivity contribution in [1.82, 2.24) is 10.0 Å². The monoisotopic (exact) mass is 293 g/mol. The van der Waals surface area contributed by atoms with Crippen LogP contribution in [-0.4, -0.2) is 26.3 Å². The van der Waals surface area contributed by atoms with Crippen molar-refractivity contribution < 1.29 is 18.0 Å². The van der Waals surface area contributed by atoms with E-state index in [1.54, 1.807) is 12.1 Å². The number of sulfonamides is 1. The fourth-order valence-electron chi connectivity index (χ4n) is 1.85. The van der Waals surface area contributed by atoms with E-state index in [0.29, 0.717) is 0 Å². The molecule has 1 aromatic carbocycles. The molecule has 0 aromatic heterocycles. The van der Waals surface area contributed by atoms with Crippen molar-refractivity contribution in [3.8, 4) is 6.07 Å². The second kappa shape index (κ2) is 5.40. The zero-order valence-electron chi connectivity index (χ0n) is 10.3. The van der Waals surface area contributed by atoms with Crippen LogP contribution < -0.4 is 10.0 Å². The van der Waals surface area contributed by atoms with Gasteiger partial charge in [0.1, 0.15) is 12.1 Å². The maximum Gasteiger partial charge on any atom is 0.244 e. The van der Waals surface area contributed by atoms with Crippen LogP contribution in [0.15, 0.2) is 29.2 Å². The van der Waals surface area contributed by atoms with E-state index in [1.165, 1.54) is 18.2 Å². The largest absolute Gasteiger partial charge is 0.295 e. The van der Waals surface area contributed by atoms with Crippen molar-refractivity contribution in [1.29, 1.82) is 5.26 Å². The summed E-state index contributed by atoms with van der Waals surface area (Å²) in [7, 11) is -4.00. The lowest BCUT2D eigenvalue weighted by molar-refractivity contribution is -0.134. The van der Waals surface area contributed by atoms with E-state index in [4.69, 9.17) is 5.26 Å².